The van der Waals surface area contributed by atoms with Crippen molar-refractivity contribution >= 4 is 35.1 Å². The highest BCUT2D eigenvalue weighted by molar-refractivity contribution is 6.31. The Bertz CT molecular complexity index is 979. The van der Waals surface area contributed by atoms with E-state index in [2.05, 4.69) is 4.90 Å². The maximum Gasteiger partial charge on any atom is 0.407 e. The minimum atomic E-state index is -1.16. The number of halogens is 1. The zero-order valence-electron chi connectivity index (χ0n) is 18.6. The second-order valence-electron chi connectivity index (χ2n) is 7.82. The molecule has 2 aromatic rings. The Balaban J connectivity index is 1.69. The van der Waals surface area contributed by atoms with Crippen LogP contribution in [0, 0.1) is 0 Å². The number of hydrogen-bond donors (Lipinski definition) is 1. The highest BCUT2D eigenvalue weighted by Crippen LogP contribution is 2.26. The van der Waals surface area contributed by atoms with Crippen LogP contribution in [0.1, 0.15) is 22.3 Å². The molecule has 1 aliphatic heterocycles. The zero-order chi connectivity index (χ0) is 23.8. The van der Waals surface area contributed by atoms with Gasteiger partial charge in [-0.05, 0) is 24.6 Å². The van der Waals surface area contributed by atoms with Crippen molar-refractivity contribution in [1.29, 1.82) is 0 Å². The van der Waals surface area contributed by atoms with E-state index in [1.54, 1.807) is 36.4 Å². The maximum absolute atomic E-state index is 13.1. The molecule has 0 saturated carbocycles. The Morgan fingerprint density at radius 3 is 2.45 bits per heavy atom. The zero-order valence-corrected chi connectivity index (χ0v) is 19.3. The molecule has 0 aliphatic carbocycles. The predicted octanol–water partition coefficient (Wildman–Crippen LogP) is 3.24. The number of carboxylic acid groups (broad SMARTS) is 1. The summed E-state index contributed by atoms with van der Waals surface area (Å²) in [5.74, 6) is -0.707. The van der Waals surface area contributed by atoms with Crippen molar-refractivity contribution in [2.75, 3.05) is 57.9 Å². The fourth-order valence-corrected chi connectivity index (χ4v) is 3.86. The molecule has 2 aromatic carbocycles. The van der Waals surface area contributed by atoms with E-state index in [1.807, 2.05) is 6.07 Å². The highest BCUT2D eigenvalue weighted by atomic mass is 35.5. The number of morpholine rings is 1. The van der Waals surface area contributed by atoms with Gasteiger partial charge in [-0.2, -0.15) is 0 Å². The molecule has 1 aliphatic rings. The summed E-state index contributed by atoms with van der Waals surface area (Å²) >= 11 is 6.13. The van der Waals surface area contributed by atoms with Crippen molar-refractivity contribution in [2.45, 2.75) is 6.42 Å². The fourth-order valence-electron chi connectivity index (χ4n) is 3.68. The van der Waals surface area contributed by atoms with E-state index in [-0.39, 0.29) is 24.4 Å². The molecule has 0 spiro atoms. The van der Waals surface area contributed by atoms with Gasteiger partial charge in [0.25, 0.3) is 0 Å². The van der Waals surface area contributed by atoms with Gasteiger partial charge in [0.1, 0.15) is 6.54 Å². The third-order valence-corrected chi connectivity index (χ3v) is 5.81. The average molecular weight is 474 g/mol. The number of ether oxygens (including phenoxy) is 1. The maximum atomic E-state index is 13.1. The highest BCUT2D eigenvalue weighted by Gasteiger charge is 2.24. The summed E-state index contributed by atoms with van der Waals surface area (Å²) in [6.45, 7) is 3.67. The number of likely N-dealkylation sites (N-methyl/N-ethyl adjacent to an activating group) is 1. The third-order valence-electron chi connectivity index (χ3n) is 5.58. The van der Waals surface area contributed by atoms with Crippen LogP contribution in [-0.2, 0) is 9.53 Å². The van der Waals surface area contributed by atoms with Gasteiger partial charge in [-0.25, -0.2) is 4.79 Å². The molecule has 9 heteroatoms. The van der Waals surface area contributed by atoms with Crippen molar-refractivity contribution in [2.24, 2.45) is 0 Å². The first kappa shape index (κ1) is 24.7. The molecule has 2 amide bonds. The monoisotopic (exact) mass is 473 g/mol. The fraction of sp³-hybridized carbons (Fsp3) is 0.375. The van der Waals surface area contributed by atoms with Gasteiger partial charge in [0, 0.05) is 49.4 Å². The van der Waals surface area contributed by atoms with E-state index in [4.69, 9.17) is 16.3 Å². The molecule has 8 nitrogen and oxygen atoms in total. The van der Waals surface area contributed by atoms with Crippen molar-refractivity contribution in [1.82, 2.24) is 9.80 Å². The number of carbonyl (C=O) groups is 3. The van der Waals surface area contributed by atoms with Crippen molar-refractivity contribution in [3.05, 3.63) is 64.7 Å². The molecule has 1 heterocycles. The van der Waals surface area contributed by atoms with Gasteiger partial charge in [0.15, 0.2) is 5.78 Å². The van der Waals surface area contributed by atoms with E-state index >= 15 is 0 Å². The Morgan fingerprint density at radius 2 is 1.79 bits per heavy atom. The molecule has 33 heavy (non-hydrogen) atoms. The number of amides is 2. The van der Waals surface area contributed by atoms with Crippen LogP contribution in [-0.4, -0.2) is 85.7 Å². The molecule has 1 N–H and O–H groups in total. The van der Waals surface area contributed by atoms with E-state index in [9.17, 15) is 19.5 Å². The van der Waals surface area contributed by atoms with Crippen LogP contribution in [0.4, 0.5) is 10.5 Å². The molecule has 3 rings (SSSR count). The van der Waals surface area contributed by atoms with Crippen LogP contribution in [0.15, 0.2) is 48.5 Å². The van der Waals surface area contributed by atoms with E-state index in [0.29, 0.717) is 35.9 Å². The lowest BCUT2D eigenvalue weighted by Crippen LogP contribution is -2.43. The predicted molar refractivity (Wildman–Crippen MR) is 126 cm³/mol. The van der Waals surface area contributed by atoms with Crippen LogP contribution in [0.2, 0.25) is 5.02 Å². The van der Waals surface area contributed by atoms with Gasteiger partial charge in [0.05, 0.1) is 18.9 Å². The summed E-state index contributed by atoms with van der Waals surface area (Å²) < 4.78 is 5.32. The first-order chi connectivity index (χ1) is 15.9. The van der Waals surface area contributed by atoms with Gasteiger partial charge in [-0.3, -0.25) is 19.4 Å². The Hall–Kier alpha value is -2.94. The van der Waals surface area contributed by atoms with Crippen molar-refractivity contribution < 1.29 is 24.2 Å². The molecule has 0 bridgehead atoms. The Morgan fingerprint density at radius 1 is 1.09 bits per heavy atom. The summed E-state index contributed by atoms with van der Waals surface area (Å²) in [5, 5.41) is 9.96. The summed E-state index contributed by atoms with van der Waals surface area (Å²) in [6, 6.07) is 13.4. The van der Waals surface area contributed by atoms with Crippen LogP contribution in [0.3, 0.4) is 0 Å². The summed E-state index contributed by atoms with van der Waals surface area (Å²) in [4.78, 5) is 42.4. The van der Waals surface area contributed by atoms with E-state index in [0.717, 1.165) is 24.5 Å². The van der Waals surface area contributed by atoms with Crippen molar-refractivity contribution in [3.8, 4) is 0 Å². The average Bonchev–Trinajstić information content (AvgIpc) is 2.83. The number of hydrogen-bond acceptors (Lipinski definition) is 5. The first-order valence-electron chi connectivity index (χ1n) is 10.8. The molecule has 1 saturated heterocycles. The number of carbonyl (C=O) groups excluding carboxylic acids is 2. The second kappa shape index (κ2) is 11.8. The van der Waals surface area contributed by atoms with E-state index < -0.39 is 12.0 Å². The topological polar surface area (TPSA) is 90.4 Å². The molecule has 0 unspecified atom stereocenters. The summed E-state index contributed by atoms with van der Waals surface area (Å²) in [7, 11) is 1.53. The van der Waals surface area contributed by atoms with Gasteiger partial charge in [-0.1, -0.05) is 41.9 Å². The second-order valence-corrected chi connectivity index (χ2v) is 8.26. The lowest BCUT2D eigenvalue weighted by molar-refractivity contribution is -0.119. The normalized spacial score (nSPS) is 14.0. The molecular formula is C24H28ClN3O5. The summed E-state index contributed by atoms with van der Waals surface area (Å²) in [5.41, 5.74) is 1.12. The van der Waals surface area contributed by atoms with Crippen molar-refractivity contribution in [3.63, 3.8) is 0 Å². The minimum absolute atomic E-state index is 0.239. The Labute approximate surface area is 198 Å². The molecule has 176 valence electrons. The molecular weight excluding hydrogens is 446 g/mol. The van der Waals surface area contributed by atoms with Crippen LogP contribution >= 0.6 is 11.6 Å². The third kappa shape index (κ3) is 6.77. The van der Waals surface area contributed by atoms with Crippen LogP contribution in [0.25, 0.3) is 0 Å². The molecule has 1 fully saturated rings. The first-order valence-corrected chi connectivity index (χ1v) is 11.2. The number of ketones is 1. The largest absolute Gasteiger partial charge is 0.465 e. The van der Waals surface area contributed by atoms with E-state index in [1.165, 1.54) is 18.0 Å². The quantitative estimate of drug-likeness (QED) is 0.562. The Kier molecular flexibility index (Phi) is 8.82. The van der Waals surface area contributed by atoms with Crippen LogP contribution in [0.5, 0.6) is 0 Å². The number of anilines is 1. The standard InChI is InChI=1S/C24H28ClN3O5/c1-26(21-9-8-19(25)16-20(21)23(30)18-6-3-2-4-7-18)22(29)17-28(24(31)32)11-5-10-27-12-14-33-15-13-27/h2-4,6-9,16H,5,10-15,17H2,1H3,(H,31,32). The van der Waals surface area contributed by atoms with Gasteiger partial charge in [-0.15, -0.1) is 0 Å². The van der Waals surface area contributed by atoms with Gasteiger partial charge >= 0.3 is 6.09 Å². The lowest BCUT2D eigenvalue weighted by atomic mass is 10.0. The number of benzene rings is 2. The van der Waals surface area contributed by atoms with Gasteiger partial charge < -0.3 is 14.7 Å². The van der Waals surface area contributed by atoms with Crippen LogP contribution < -0.4 is 4.90 Å². The lowest BCUT2D eigenvalue weighted by Gasteiger charge is -2.28. The SMILES string of the molecule is CN(C(=O)CN(CCCN1CCOCC1)C(=O)O)c1ccc(Cl)cc1C(=O)c1ccccc1. The number of rotatable bonds is 9. The molecule has 0 aromatic heterocycles. The summed E-state index contributed by atoms with van der Waals surface area (Å²) in [6.07, 6.45) is -0.544. The number of nitrogens with zero attached hydrogens (tertiary/aromatic N) is 3. The van der Waals surface area contributed by atoms with Gasteiger partial charge in [0.2, 0.25) is 5.91 Å². The smallest absolute Gasteiger partial charge is 0.407 e. The molecule has 0 radical (unpaired) electrons. The minimum Gasteiger partial charge on any atom is -0.465 e. The molecule has 0 atom stereocenters.